The number of rotatable bonds is 3. The first kappa shape index (κ1) is 10.7. The quantitative estimate of drug-likeness (QED) is 0.834. The van der Waals surface area contributed by atoms with E-state index in [4.69, 9.17) is 5.26 Å². The second-order valence-corrected chi connectivity index (χ2v) is 3.32. The van der Waals surface area contributed by atoms with Gasteiger partial charge in [0.2, 0.25) is 5.91 Å². The zero-order chi connectivity index (χ0) is 10.4. The van der Waals surface area contributed by atoms with Gasteiger partial charge in [-0.3, -0.25) is 4.79 Å². The predicted molar refractivity (Wildman–Crippen MR) is 56.0 cm³/mol. The molecule has 0 radical (unpaired) electrons. The maximum atomic E-state index is 11.1. The molecule has 0 saturated carbocycles. The zero-order valence-corrected chi connectivity index (χ0v) is 8.91. The molecule has 1 aromatic rings. The minimum absolute atomic E-state index is 0.0756. The van der Waals surface area contributed by atoms with Gasteiger partial charge in [0.15, 0.2) is 0 Å². The highest BCUT2D eigenvalue weighted by Gasteiger charge is 2.00. The summed E-state index contributed by atoms with van der Waals surface area (Å²) >= 11 is 3.17. The number of carbonyl (C=O) groups is 1. The third kappa shape index (κ3) is 3.15. The lowest BCUT2D eigenvalue weighted by Crippen LogP contribution is -2.11. The van der Waals surface area contributed by atoms with Gasteiger partial charge in [-0.25, -0.2) is 4.98 Å². The van der Waals surface area contributed by atoms with Crippen molar-refractivity contribution >= 4 is 27.5 Å². The van der Waals surface area contributed by atoms with E-state index in [1.165, 1.54) is 6.20 Å². The molecule has 0 aromatic carbocycles. The minimum atomic E-state index is -0.0756. The van der Waals surface area contributed by atoms with E-state index in [1.54, 1.807) is 12.1 Å². The Morgan fingerprint density at radius 1 is 1.64 bits per heavy atom. The normalized spacial score (nSPS) is 9.14. The van der Waals surface area contributed by atoms with Crippen LogP contribution >= 0.6 is 15.9 Å². The lowest BCUT2D eigenvalue weighted by atomic mass is 10.3. The van der Waals surface area contributed by atoms with Crippen molar-refractivity contribution in [1.82, 2.24) is 4.98 Å². The summed E-state index contributed by atoms with van der Waals surface area (Å²) in [6.07, 6.45) is 1.88. The van der Waals surface area contributed by atoms with Gasteiger partial charge in [0.05, 0.1) is 11.9 Å². The van der Waals surface area contributed by atoms with Crippen molar-refractivity contribution in [3.05, 3.63) is 24.0 Å². The molecule has 0 fully saturated rings. The Bertz CT molecular complexity index is 355. The van der Waals surface area contributed by atoms with E-state index in [0.717, 1.165) is 0 Å². The Hall–Kier alpha value is -1.41. The average Bonchev–Trinajstić information content (AvgIpc) is 2.19. The monoisotopic (exact) mass is 253 g/mol. The van der Waals surface area contributed by atoms with Crippen LogP contribution in [0.2, 0.25) is 0 Å². The summed E-state index contributed by atoms with van der Waals surface area (Å²) < 4.78 is 0. The molecule has 1 N–H and O–H groups in total. The summed E-state index contributed by atoms with van der Waals surface area (Å²) in [5.74, 6) is -0.0756. The van der Waals surface area contributed by atoms with Crippen LogP contribution in [0.1, 0.15) is 12.1 Å². The lowest BCUT2D eigenvalue weighted by molar-refractivity contribution is -0.115. The predicted octanol–water partition coefficient (Wildman–Crippen LogP) is 1.68. The highest BCUT2D eigenvalue weighted by Crippen LogP contribution is 2.06. The van der Waals surface area contributed by atoms with E-state index in [9.17, 15) is 4.79 Å². The van der Waals surface area contributed by atoms with Crippen LogP contribution in [-0.2, 0) is 4.79 Å². The first-order valence-electron chi connectivity index (χ1n) is 3.98. The molecule has 72 valence electrons. The molecular weight excluding hydrogens is 246 g/mol. The molecule has 1 heterocycles. The fraction of sp³-hybridized carbons (Fsp3) is 0.222. The van der Waals surface area contributed by atoms with Crippen LogP contribution in [0.4, 0.5) is 5.69 Å². The number of halogens is 1. The number of anilines is 1. The summed E-state index contributed by atoms with van der Waals surface area (Å²) in [4.78, 5) is 15.0. The van der Waals surface area contributed by atoms with Crippen LogP contribution in [0, 0.1) is 11.3 Å². The molecule has 0 aliphatic heterocycles. The van der Waals surface area contributed by atoms with Crippen LogP contribution in [0.3, 0.4) is 0 Å². The number of nitrogens with zero attached hydrogens (tertiary/aromatic N) is 2. The van der Waals surface area contributed by atoms with Crippen LogP contribution in [0.15, 0.2) is 18.3 Å². The van der Waals surface area contributed by atoms with Crippen molar-refractivity contribution < 1.29 is 4.79 Å². The zero-order valence-electron chi connectivity index (χ0n) is 7.33. The van der Waals surface area contributed by atoms with Gasteiger partial charge < -0.3 is 5.32 Å². The van der Waals surface area contributed by atoms with Crippen LogP contribution in [-0.4, -0.2) is 16.2 Å². The topological polar surface area (TPSA) is 65.8 Å². The van der Waals surface area contributed by atoms with Crippen molar-refractivity contribution in [2.24, 2.45) is 0 Å². The number of amides is 1. The summed E-state index contributed by atoms with van der Waals surface area (Å²) in [6.45, 7) is 0. The Morgan fingerprint density at radius 2 is 2.43 bits per heavy atom. The number of nitriles is 1. The van der Waals surface area contributed by atoms with Gasteiger partial charge in [-0.05, 0) is 12.1 Å². The number of hydrogen-bond donors (Lipinski definition) is 1. The molecule has 0 aliphatic carbocycles. The van der Waals surface area contributed by atoms with Crippen LogP contribution < -0.4 is 5.32 Å². The number of nitrogens with one attached hydrogen (secondary N) is 1. The molecule has 1 rings (SSSR count). The second kappa shape index (κ2) is 5.35. The number of hydrogen-bond acceptors (Lipinski definition) is 3. The molecule has 0 aliphatic rings. The van der Waals surface area contributed by atoms with E-state index < -0.39 is 0 Å². The maximum Gasteiger partial charge on any atom is 0.225 e. The molecule has 0 saturated heterocycles. The summed E-state index contributed by atoms with van der Waals surface area (Å²) in [5, 5.41) is 11.8. The maximum absolute atomic E-state index is 11.1. The first-order chi connectivity index (χ1) is 6.76. The molecule has 14 heavy (non-hydrogen) atoms. The molecule has 4 nitrogen and oxygen atoms in total. The van der Waals surface area contributed by atoms with Gasteiger partial charge in [-0.2, -0.15) is 5.26 Å². The van der Waals surface area contributed by atoms with Crippen molar-refractivity contribution in [3.8, 4) is 6.07 Å². The third-order valence-corrected chi connectivity index (χ3v) is 1.88. The summed E-state index contributed by atoms with van der Waals surface area (Å²) in [5.41, 5.74) is 0.943. The van der Waals surface area contributed by atoms with Gasteiger partial charge in [-0.1, -0.05) is 15.9 Å². The minimum Gasteiger partial charge on any atom is -0.325 e. The van der Waals surface area contributed by atoms with Gasteiger partial charge in [-0.15, -0.1) is 0 Å². The Morgan fingerprint density at radius 3 is 2.93 bits per heavy atom. The number of alkyl halides is 1. The second-order valence-electron chi connectivity index (χ2n) is 2.53. The van der Waals surface area contributed by atoms with E-state index in [2.05, 4.69) is 26.2 Å². The highest BCUT2D eigenvalue weighted by atomic mass is 79.9. The highest BCUT2D eigenvalue weighted by molar-refractivity contribution is 9.09. The van der Waals surface area contributed by atoms with E-state index in [1.807, 2.05) is 6.07 Å². The molecule has 1 aromatic heterocycles. The fourth-order valence-corrected chi connectivity index (χ4v) is 1.20. The molecule has 1 amide bonds. The number of carbonyl (C=O) groups excluding carboxylic acids is 1. The van der Waals surface area contributed by atoms with Crippen molar-refractivity contribution in [1.29, 1.82) is 5.26 Å². The molecule has 0 spiro atoms. The fourth-order valence-electron chi connectivity index (χ4n) is 0.843. The summed E-state index contributed by atoms with van der Waals surface area (Å²) in [7, 11) is 0. The smallest absolute Gasteiger partial charge is 0.225 e. The van der Waals surface area contributed by atoms with Crippen molar-refractivity contribution in [3.63, 3.8) is 0 Å². The first-order valence-corrected chi connectivity index (χ1v) is 5.10. The van der Waals surface area contributed by atoms with Crippen LogP contribution in [0.5, 0.6) is 0 Å². The number of pyridine rings is 1. The molecule has 0 atom stereocenters. The van der Waals surface area contributed by atoms with Gasteiger partial charge in [0, 0.05) is 11.8 Å². The van der Waals surface area contributed by atoms with E-state index >= 15 is 0 Å². The van der Waals surface area contributed by atoms with Gasteiger partial charge in [0.1, 0.15) is 11.8 Å². The standard InChI is InChI=1S/C9H8BrN3O/c10-4-3-9(14)13-8-2-1-7(5-11)12-6-8/h1-2,6H,3-4H2,(H,13,14). The van der Waals surface area contributed by atoms with E-state index in [0.29, 0.717) is 23.1 Å². The summed E-state index contributed by atoms with van der Waals surface area (Å²) in [6, 6.07) is 5.11. The van der Waals surface area contributed by atoms with Crippen molar-refractivity contribution in [2.45, 2.75) is 6.42 Å². The molecular formula is C9H8BrN3O. The van der Waals surface area contributed by atoms with E-state index in [-0.39, 0.29) is 5.91 Å². The Balaban J connectivity index is 2.61. The molecule has 5 heteroatoms. The SMILES string of the molecule is N#Cc1ccc(NC(=O)CCBr)cn1. The molecule has 0 bridgehead atoms. The van der Waals surface area contributed by atoms with Gasteiger partial charge >= 0.3 is 0 Å². The average molecular weight is 254 g/mol. The lowest BCUT2D eigenvalue weighted by Gasteiger charge is -2.02. The third-order valence-electron chi connectivity index (χ3n) is 1.48. The van der Waals surface area contributed by atoms with Gasteiger partial charge in [0.25, 0.3) is 0 Å². The number of aromatic nitrogens is 1. The Kier molecular flexibility index (Phi) is 4.08. The largest absolute Gasteiger partial charge is 0.325 e. The van der Waals surface area contributed by atoms with Crippen LogP contribution in [0.25, 0.3) is 0 Å². The Labute approximate surface area is 90.1 Å². The van der Waals surface area contributed by atoms with Crippen molar-refractivity contribution in [2.75, 3.05) is 10.6 Å². The molecule has 0 unspecified atom stereocenters.